The predicted molar refractivity (Wildman–Crippen MR) is 76.2 cm³/mol. The Bertz CT molecular complexity index is 663. The first kappa shape index (κ1) is 11.7. The second-order valence-corrected chi connectivity index (χ2v) is 4.32. The van der Waals surface area contributed by atoms with Crippen LogP contribution in [0.15, 0.2) is 40.8 Å². The number of rotatable bonds is 3. The van der Waals surface area contributed by atoms with Crippen molar-refractivity contribution in [1.29, 1.82) is 0 Å². The molecule has 0 bridgehead atoms. The average Bonchev–Trinajstić information content (AvgIpc) is 2.90. The van der Waals surface area contributed by atoms with Gasteiger partial charge in [0.1, 0.15) is 11.4 Å². The SMILES string of the molecule is CCc1cc(NC)nc(-c2cc3ccccc3o2)n1. The van der Waals surface area contributed by atoms with Crippen LogP contribution < -0.4 is 5.32 Å². The second-order valence-electron chi connectivity index (χ2n) is 4.32. The van der Waals surface area contributed by atoms with Gasteiger partial charge in [-0.05, 0) is 18.6 Å². The van der Waals surface area contributed by atoms with Crippen molar-refractivity contribution in [3.05, 3.63) is 42.1 Å². The molecule has 1 N–H and O–H groups in total. The molecule has 0 fully saturated rings. The van der Waals surface area contributed by atoms with E-state index in [-0.39, 0.29) is 0 Å². The van der Waals surface area contributed by atoms with E-state index in [1.807, 2.05) is 43.4 Å². The topological polar surface area (TPSA) is 51.0 Å². The van der Waals surface area contributed by atoms with Gasteiger partial charge in [-0.15, -0.1) is 0 Å². The summed E-state index contributed by atoms with van der Waals surface area (Å²) in [5, 5.41) is 4.12. The zero-order chi connectivity index (χ0) is 13.2. The molecule has 2 aromatic heterocycles. The summed E-state index contributed by atoms with van der Waals surface area (Å²) < 4.78 is 5.80. The maximum absolute atomic E-state index is 5.80. The van der Waals surface area contributed by atoms with E-state index in [0.717, 1.165) is 28.9 Å². The molecule has 0 aliphatic carbocycles. The highest BCUT2D eigenvalue weighted by molar-refractivity contribution is 5.81. The number of furan rings is 1. The molecule has 96 valence electrons. The molecule has 0 saturated heterocycles. The van der Waals surface area contributed by atoms with Crippen LogP contribution in [0.4, 0.5) is 5.82 Å². The summed E-state index contributed by atoms with van der Waals surface area (Å²) >= 11 is 0. The highest BCUT2D eigenvalue weighted by Gasteiger charge is 2.10. The Balaban J connectivity index is 2.14. The number of nitrogens with one attached hydrogen (secondary N) is 1. The summed E-state index contributed by atoms with van der Waals surface area (Å²) in [6, 6.07) is 11.8. The first-order valence-electron chi connectivity index (χ1n) is 6.35. The van der Waals surface area contributed by atoms with Gasteiger partial charge in [0.15, 0.2) is 11.6 Å². The Morgan fingerprint density at radius 3 is 2.74 bits per heavy atom. The zero-order valence-corrected chi connectivity index (χ0v) is 11.0. The first-order valence-corrected chi connectivity index (χ1v) is 6.35. The molecule has 3 aromatic rings. The van der Waals surface area contributed by atoms with Crippen LogP contribution in [0.1, 0.15) is 12.6 Å². The molecular formula is C15H15N3O. The van der Waals surface area contributed by atoms with Crippen molar-refractivity contribution >= 4 is 16.8 Å². The maximum Gasteiger partial charge on any atom is 0.197 e. The standard InChI is InChI=1S/C15H15N3O/c1-3-11-9-14(16-2)18-15(17-11)13-8-10-6-4-5-7-12(10)19-13/h4-9H,3H2,1-2H3,(H,16,17,18). The van der Waals surface area contributed by atoms with Crippen LogP contribution in [0.2, 0.25) is 0 Å². The van der Waals surface area contributed by atoms with Gasteiger partial charge in [0.05, 0.1) is 0 Å². The number of benzene rings is 1. The summed E-state index contributed by atoms with van der Waals surface area (Å²) in [6.45, 7) is 2.07. The summed E-state index contributed by atoms with van der Waals surface area (Å²) in [5.41, 5.74) is 1.85. The number of fused-ring (bicyclic) bond motifs is 1. The Kier molecular flexibility index (Phi) is 2.91. The number of aromatic nitrogens is 2. The summed E-state index contributed by atoms with van der Waals surface area (Å²) in [7, 11) is 1.85. The summed E-state index contributed by atoms with van der Waals surface area (Å²) in [5.74, 6) is 2.13. The second kappa shape index (κ2) is 4.72. The van der Waals surface area contributed by atoms with E-state index in [0.29, 0.717) is 11.6 Å². The predicted octanol–water partition coefficient (Wildman–Crippen LogP) is 3.49. The lowest BCUT2D eigenvalue weighted by Gasteiger charge is -2.04. The van der Waals surface area contributed by atoms with Crippen LogP contribution >= 0.6 is 0 Å². The Labute approximate surface area is 111 Å². The minimum absolute atomic E-state index is 0.625. The molecule has 0 saturated carbocycles. The van der Waals surface area contributed by atoms with Gasteiger partial charge in [0, 0.05) is 24.2 Å². The smallest absolute Gasteiger partial charge is 0.197 e. The highest BCUT2D eigenvalue weighted by atomic mass is 16.3. The van der Waals surface area contributed by atoms with Crippen molar-refractivity contribution in [2.45, 2.75) is 13.3 Å². The third kappa shape index (κ3) is 2.17. The molecule has 2 heterocycles. The monoisotopic (exact) mass is 253 g/mol. The van der Waals surface area contributed by atoms with Crippen LogP contribution in [0, 0.1) is 0 Å². The highest BCUT2D eigenvalue weighted by Crippen LogP contribution is 2.26. The first-order chi connectivity index (χ1) is 9.30. The fraction of sp³-hybridized carbons (Fsp3) is 0.200. The molecule has 0 aliphatic heterocycles. The molecule has 0 aliphatic rings. The van der Waals surface area contributed by atoms with Crippen molar-refractivity contribution in [3.63, 3.8) is 0 Å². The molecular weight excluding hydrogens is 238 g/mol. The Morgan fingerprint density at radius 1 is 1.16 bits per heavy atom. The van der Waals surface area contributed by atoms with Crippen molar-refractivity contribution < 1.29 is 4.42 Å². The van der Waals surface area contributed by atoms with E-state index in [1.54, 1.807) is 0 Å². The summed E-state index contributed by atoms with van der Waals surface area (Å²) in [4.78, 5) is 8.97. The van der Waals surface area contributed by atoms with Gasteiger partial charge in [-0.25, -0.2) is 9.97 Å². The van der Waals surface area contributed by atoms with Crippen LogP contribution in [-0.4, -0.2) is 17.0 Å². The van der Waals surface area contributed by atoms with Crippen LogP contribution in [-0.2, 0) is 6.42 Å². The minimum Gasteiger partial charge on any atom is -0.453 e. The molecule has 0 spiro atoms. The fourth-order valence-corrected chi connectivity index (χ4v) is 2.01. The molecule has 0 atom stereocenters. The van der Waals surface area contributed by atoms with E-state index in [4.69, 9.17) is 4.42 Å². The third-order valence-electron chi connectivity index (χ3n) is 3.04. The van der Waals surface area contributed by atoms with Crippen molar-refractivity contribution in [3.8, 4) is 11.6 Å². The number of hydrogen-bond donors (Lipinski definition) is 1. The molecule has 0 amide bonds. The number of hydrogen-bond acceptors (Lipinski definition) is 4. The van der Waals surface area contributed by atoms with E-state index in [9.17, 15) is 0 Å². The van der Waals surface area contributed by atoms with E-state index in [2.05, 4.69) is 22.2 Å². The van der Waals surface area contributed by atoms with Crippen molar-refractivity contribution in [2.75, 3.05) is 12.4 Å². The number of para-hydroxylation sites is 1. The lowest BCUT2D eigenvalue weighted by atomic mass is 10.2. The number of aryl methyl sites for hydroxylation is 1. The van der Waals surface area contributed by atoms with Gasteiger partial charge >= 0.3 is 0 Å². The van der Waals surface area contributed by atoms with E-state index in [1.165, 1.54) is 0 Å². The quantitative estimate of drug-likeness (QED) is 0.776. The Hall–Kier alpha value is -2.36. The van der Waals surface area contributed by atoms with Crippen LogP contribution in [0.25, 0.3) is 22.6 Å². The molecule has 0 unspecified atom stereocenters. The molecule has 1 aromatic carbocycles. The van der Waals surface area contributed by atoms with Gasteiger partial charge in [0.25, 0.3) is 0 Å². The van der Waals surface area contributed by atoms with Gasteiger partial charge < -0.3 is 9.73 Å². The molecule has 4 heteroatoms. The van der Waals surface area contributed by atoms with Crippen LogP contribution in [0.3, 0.4) is 0 Å². The van der Waals surface area contributed by atoms with Crippen molar-refractivity contribution in [1.82, 2.24) is 9.97 Å². The zero-order valence-electron chi connectivity index (χ0n) is 11.0. The lowest BCUT2D eigenvalue weighted by Crippen LogP contribution is -1.99. The third-order valence-corrected chi connectivity index (χ3v) is 3.04. The van der Waals surface area contributed by atoms with Crippen LogP contribution in [0.5, 0.6) is 0 Å². The van der Waals surface area contributed by atoms with Gasteiger partial charge in [-0.1, -0.05) is 25.1 Å². The van der Waals surface area contributed by atoms with E-state index < -0.39 is 0 Å². The average molecular weight is 253 g/mol. The summed E-state index contributed by atoms with van der Waals surface area (Å²) in [6.07, 6.45) is 0.866. The van der Waals surface area contributed by atoms with Gasteiger partial charge in [-0.2, -0.15) is 0 Å². The molecule has 4 nitrogen and oxygen atoms in total. The fourth-order valence-electron chi connectivity index (χ4n) is 2.01. The van der Waals surface area contributed by atoms with Crippen molar-refractivity contribution in [2.24, 2.45) is 0 Å². The lowest BCUT2D eigenvalue weighted by molar-refractivity contribution is 0.624. The minimum atomic E-state index is 0.625. The Morgan fingerprint density at radius 2 is 2.00 bits per heavy atom. The van der Waals surface area contributed by atoms with Gasteiger partial charge in [-0.3, -0.25) is 0 Å². The maximum atomic E-state index is 5.80. The number of nitrogens with zero attached hydrogens (tertiary/aromatic N) is 2. The molecule has 3 rings (SSSR count). The van der Waals surface area contributed by atoms with E-state index >= 15 is 0 Å². The molecule has 0 radical (unpaired) electrons. The molecule has 19 heavy (non-hydrogen) atoms. The van der Waals surface area contributed by atoms with Gasteiger partial charge in [0.2, 0.25) is 0 Å². The largest absolute Gasteiger partial charge is 0.453 e. The normalized spacial score (nSPS) is 10.8. The number of anilines is 1.